The molecule has 0 fully saturated rings. The molecule has 1 aliphatic rings. The van der Waals surface area contributed by atoms with Gasteiger partial charge >= 0.3 is 0 Å². The number of Topliss-reactive ketones (excluding diaryl/α,β-unsaturated/α-hetero) is 2. The maximum Gasteiger partial charge on any atom is 0.272 e. The van der Waals surface area contributed by atoms with Gasteiger partial charge in [-0.15, -0.1) is 0 Å². The van der Waals surface area contributed by atoms with Gasteiger partial charge in [0.25, 0.3) is 5.69 Å². The van der Waals surface area contributed by atoms with E-state index in [9.17, 15) is 29.9 Å². The number of carbonyl (C=O) groups is 2. The molecule has 0 spiro atoms. The topological polar surface area (TPSA) is 118 Å². The molecule has 1 aliphatic carbocycles. The number of nitrogens with zero attached hydrogens (tertiary/aromatic N) is 1. The number of hydrogen-bond acceptors (Lipinski definition) is 6. The van der Waals surface area contributed by atoms with Crippen LogP contribution in [0.2, 0.25) is 0 Å². The van der Waals surface area contributed by atoms with E-state index in [4.69, 9.17) is 0 Å². The summed E-state index contributed by atoms with van der Waals surface area (Å²) >= 11 is 0. The monoisotopic (exact) mass is 429 g/mol. The Balaban J connectivity index is 1.95. The molecule has 0 aromatic heterocycles. The van der Waals surface area contributed by atoms with Gasteiger partial charge in [-0.3, -0.25) is 19.7 Å². The number of nitro benzene ring substituents is 1. The number of rotatable bonds is 13. The van der Waals surface area contributed by atoms with Crippen molar-refractivity contribution in [1.29, 1.82) is 0 Å². The van der Waals surface area contributed by atoms with Crippen LogP contribution in [0.5, 0.6) is 0 Å². The number of hydrogen-bond donors (Lipinski definition) is 2. The fourth-order valence-corrected chi connectivity index (χ4v) is 3.81. The van der Waals surface area contributed by atoms with Gasteiger partial charge in [0.05, 0.1) is 10.5 Å². The maximum atomic E-state index is 12.6. The molecule has 0 heterocycles. The van der Waals surface area contributed by atoms with Crippen molar-refractivity contribution in [2.75, 3.05) is 0 Å². The van der Waals surface area contributed by atoms with Crippen molar-refractivity contribution < 1.29 is 24.7 Å². The standard InChI is InChI=1S/C24H31NO6/c1-2-3-4-5-6-7-8-9-10-14-18-21(26)23(28)19(24(29)22(18)27)16-17-13-11-12-15-20(17)25(30)31/h11-13,15,26,29H,2-10,14,16H2,1H3. The van der Waals surface area contributed by atoms with Gasteiger partial charge in [-0.05, 0) is 12.8 Å². The zero-order valence-electron chi connectivity index (χ0n) is 18.1. The highest BCUT2D eigenvalue weighted by molar-refractivity contribution is 6.23. The molecule has 1 aromatic rings. The number of aliphatic hydroxyl groups is 2. The van der Waals surface area contributed by atoms with E-state index in [1.54, 1.807) is 6.07 Å². The Morgan fingerprint density at radius 1 is 0.806 bits per heavy atom. The van der Waals surface area contributed by atoms with E-state index in [0.717, 1.165) is 19.3 Å². The minimum absolute atomic E-state index is 0.0724. The maximum absolute atomic E-state index is 12.6. The van der Waals surface area contributed by atoms with E-state index in [1.807, 2.05) is 0 Å². The Morgan fingerprint density at radius 3 is 1.94 bits per heavy atom. The van der Waals surface area contributed by atoms with Crippen molar-refractivity contribution in [3.05, 3.63) is 62.6 Å². The number of nitro groups is 1. The third kappa shape index (κ3) is 6.51. The van der Waals surface area contributed by atoms with Crippen LogP contribution in [0, 0.1) is 10.1 Å². The first-order valence-corrected chi connectivity index (χ1v) is 11.0. The molecule has 7 nitrogen and oxygen atoms in total. The molecular formula is C24H31NO6. The summed E-state index contributed by atoms with van der Waals surface area (Å²) in [5.74, 6) is -3.01. The SMILES string of the molecule is CCCCCCCCCCCC1=C(O)C(=O)C(Cc2ccccc2[N+](=O)[O-])=C(O)C1=O. The molecule has 0 atom stereocenters. The van der Waals surface area contributed by atoms with Gasteiger partial charge in [0.1, 0.15) is 0 Å². The van der Waals surface area contributed by atoms with E-state index < -0.39 is 28.0 Å². The van der Waals surface area contributed by atoms with E-state index in [-0.39, 0.29) is 35.2 Å². The second kappa shape index (κ2) is 12.0. The lowest BCUT2D eigenvalue weighted by atomic mass is 9.87. The number of allylic oxidation sites excluding steroid dienone is 2. The second-order valence-electron chi connectivity index (χ2n) is 7.95. The third-order valence-corrected chi connectivity index (χ3v) is 5.64. The summed E-state index contributed by atoms with van der Waals surface area (Å²) in [6, 6.07) is 5.80. The molecule has 0 radical (unpaired) electrons. The molecule has 0 aliphatic heterocycles. The zero-order chi connectivity index (χ0) is 22.8. The van der Waals surface area contributed by atoms with Crippen LogP contribution in [-0.2, 0) is 16.0 Å². The normalized spacial score (nSPS) is 14.5. The minimum atomic E-state index is -0.846. The van der Waals surface area contributed by atoms with Crippen molar-refractivity contribution >= 4 is 17.3 Å². The number of para-hydroxylation sites is 1. The molecule has 0 bridgehead atoms. The van der Waals surface area contributed by atoms with Crippen molar-refractivity contribution in [2.45, 2.75) is 77.6 Å². The predicted octanol–water partition coefficient (Wildman–Crippen LogP) is 5.83. The largest absolute Gasteiger partial charge is 0.504 e. The summed E-state index contributed by atoms with van der Waals surface area (Å²) in [6.45, 7) is 2.18. The summed E-state index contributed by atoms with van der Waals surface area (Å²) in [5, 5.41) is 31.8. The van der Waals surface area contributed by atoms with Crippen LogP contribution in [-0.4, -0.2) is 26.7 Å². The summed E-state index contributed by atoms with van der Waals surface area (Å²) in [7, 11) is 0. The Bertz CT molecular complexity index is 884. The van der Waals surface area contributed by atoms with Gasteiger partial charge in [-0.1, -0.05) is 76.5 Å². The number of benzene rings is 1. The number of unbranched alkanes of at least 4 members (excludes halogenated alkanes) is 8. The van der Waals surface area contributed by atoms with Gasteiger partial charge in [0, 0.05) is 23.6 Å². The Kier molecular flexibility index (Phi) is 9.43. The number of ketones is 2. The van der Waals surface area contributed by atoms with E-state index in [1.165, 1.54) is 50.3 Å². The molecule has 7 heteroatoms. The molecule has 31 heavy (non-hydrogen) atoms. The lowest BCUT2D eigenvalue weighted by molar-refractivity contribution is -0.385. The molecule has 0 unspecified atom stereocenters. The molecule has 0 saturated heterocycles. The average molecular weight is 430 g/mol. The average Bonchev–Trinajstić information content (AvgIpc) is 2.76. The molecule has 1 aromatic carbocycles. The summed E-state index contributed by atoms with van der Waals surface area (Å²) < 4.78 is 0. The molecule has 2 N–H and O–H groups in total. The molecule has 2 rings (SSSR count). The minimum Gasteiger partial charge on any atom is -0.504 e. The second-order valence-corrected chi connectivity index (χ2v) is 7.95. The summed E-state index contributed by atoms with van der Waals surface area (Å²) in [4.78, 5) is 35.7. The first-order chi connectivity index (χ1) is 14.9. The van der Waals surface area contributed by atoms with Gasteiger partial charge in [-0.25, -0.2) is 0 Å². The molecule has 168 valence electrons. The van der Waals surface area contributed by atoms with Crippen molar-refractivity contribution in [3.63, 3.8) is 0 Å². The lowest BCUT2D eigenvalue weighted by Crippen LogP contribution is -2.25. The van der Waals surface area contributed by atoms with E-state index in [0.29, 0.717) is 6.42 Å². The van der Waals surface area contributed by atoms with Crippen LogP contribution < -0.4 is 0 Å². The highest BCUT2D eigenvalue weighted by Crippen LogP contribution is 2.30. The Morgan fingerprint density at radius 2 is 1.32 bits per heavy atom. The predicted molar refractivity (Wildman–Crippen MR) is 118 cm³/mol. The third-order valence-electron chi connectivity index (χ3n) is 5.64. The fraction of sp³-hybridized carbons (Fsp3) is 0.500. The Hall–Kier alpha value is -2.96. The summed E-state index contributed by atoms with van der Waals surface area (Å²) in [6.07, 6.45) is 9.72. The quantitative estimate of drug-likeness (QED) is 0.176. The first-order valence-electron chi connectivity index (χ1n) is 11.0. The highest BCUT2D eigenvalue weighted by atomic mass is 16.6. The van der Waals surface area contributed by atoms with E-state index >= 15 is 0 Å². The zero-order valence-corrected chi connectivity index (χ0v) is 18.1. The molecular weight excluding hydrogens is 398 g/mol. The summed E-state index contributed by atoms with van der Waals surface area (Å²) in [5.41, 5.74) is -0.415. The van der Waals surface area contributed by atoms with Crippen LogP contribution >= 0.6 is 0 Å². The van der Waals surface area contributed by atoms with Gasteiger partial charge < -0.3 is 10.2 Å². The smallest absolute Gasteiger partial charge is 0.272 e. The van der Waals surface area contributed by atoms with Crippen LogP contribution in [0.15, 0.2) is 46.9 Å². The van der Waals surface area contributed by atoms with E-state index in [2.05, 4.69) is 6.92 Å². The van der Waals surface area contributed by atoms with Gasteiger partial charge in [0.2, 0.25) is 11.6 Å². The van der Waals surface area contributed by atoms with Crippen LogP contribution in [0.1, 0.15) is 76.7 Å². The van der Waals surface area contributed by atoms with Gasteiger partial charge in [0.15, 0.2) is 11.5 Å². The van der Waals surface area contributed by atoms with Crippen molar-refractivity contribution in [2.24, 2.45) is 0 Å². The Labute approximate surface area is 182 Å². The lowest BCUT2D eigenvalue weighted by Gasteiger charge is -2.18. The van der Waals surface area contributed by atoms with Crippen LogP contribution in [0.25, 0.3) is 0 Å². The molecule has 0 amide bonds. The van der Waals surface area contributed by atoms with Crippen molar-refractivity contribution in [1.82, 2.24) is 0 Å². The molecule has 0 saturated carbocycles. The van der Waals surface area contributed by atoms with Gasteiger partial charge in [-0.2, -0.15) is 0 Å². The van der Waals surface area contributed by atoms with Crippen molar-refractivity contribution in [3.8, 4) is 0 Å². The number of aliphatic hydroxyl groups excluding tert-OH is 2. The van der Waals surface area contributed by atoms with Crippen LogP contribution in [0.3, 0.4) is 0 Å². The highest BCUT2D eigenvalue weighted by Gasteiger charge is 2.35. The first kappa shape index (κ1) is 24.3. The number of carbonyl (C=O) groups excluding carboxylic acids is 2. The fourth-order valence-electron chi connectivity index (χ4n) is 3.81. The van der Waals surface area contributed by atoms with Crippen LogP contribution in [0.4, 0.5) is 5.69 Å².